The molecule has 0 saturated carbocycles. The normalized spacial score (nSPS) is 19.5. The molecule has 1 aliphatic rings. The van der Waals surface area contributed by atoms with Crippen LogP contribution in [0.15, 0.2) is 24.3 Å². The van der Waals surface area contributed by atoms with Crippen molar-refractivity contribution in [3.63, 3.8) is 0 Å². The maximum Gasteiger partial charge on any atom is 0.139 e. The summed E-state index contributed by atoms with van der Waals surface area (Å²) >= 11 is 0. The van der Waals surface area contributed by atoms with Crippen LogP contribution in [0.3, 0.4) is 0 Å². The molecule has 1 atom stereocenters. The summed E-state index contributed by atoms with van der Waals surface area (Å²) in [5, 5.41) is 0. The third kappa shape index (κ3) is 2.05. The summed E-state index contributed by atoms with van der Waals surface area (Å²) in [6.45, 7) is 3.99. The molecule has 3 nitrogen and oxygen atoms in total. The smallest absolute Gasteiger partial charge is 0.139 e. The highest BCUT2D eigenvalue weighted by atomic mass is 35.5. The summed E-state index contributed by atoms with van der Waals surface area (Å²) in [6.07, 6.45) is 2.45. The average Bonchev–Trinajstić information content (AvgIpc) is 2.95. The molecule has 92 valence electrons. The van der Waals surface area contributed by atoms with Gasteiger partial charge in [-0.1, -0.05) is 12.1 Å². The average molecular weight is 252 g/mol. The van der Waals surface area contributed by atoms with Crippen LogP contribution in [-0.4, -0.2) is 16.2 Å². The van der Waals surface area contributed by atoms with Crippen LogP contribution in [0.2, 0.25) is 0 Å². The largest absolute Gasteiger partial charge is 1.00 e. The van der Waals surface area contributed by atoms with E-state index >= 15 is 0 Å². The fourth-order valence-corrected chi connectivity index (χ4v) is 2.45. The van der Waals surface area contributed by atoms with E-state index in [1.807, 2.05) is 6.07 Å². The zero-order valence-corrected chi connectivity index (χ0v) is 10.7. The molecule has 3 rings (SSSR count). The molecule has 1 saturated heterocycles. The van der Waals surface area contributed by atoms with Crippen LogP contribution in [0.25, 0.3) is 11.0 Å². The van der Waals surface area contributed by atoms with E-state index in [0.717, 1.165) is 37.3 Å². The maximum absolute atomic E-state index is 5.73. The second kappa shape index (κ2) is 5.07. The quantitative estimate of drug-likeness (QED) is 0.746. The first-order valence-electron chi connectivity index (χ1n) is 5.97. The predicted molar refractivity (Wildman–Crippen MR) is 63.3 cm³/mol. The molecular weight excluding hydrogens is 236 g/mol. The lowest BCUT2D eigenvalue weighted by Gasteiger charge is -2.11. The second-order valence-electron chi connectivity index (χ2n) is 4.20. The SMILES string of the molecule is CCn1c(C2CCCO2)nc2ccccc21.[Cl-]. The van der Waals surface area contributed by atoms with Gasteiger partial charge in [0.25, 0.3) is 0 Å². The third-order valence-corrected chi connectivity index (χ3v) is 3.22. The van der Waals surface area contributed by atoms with Gasteiger partial charge < -0.3 is 21.7 Å². The molecule has 0 N–H and O–H groups in total. The van der Waals surface area contributed by atoms with Gasteiger partial charge >= 0.3 is 0 Å². The van der Waals surface area contributed by atoms with Crippen LogP contribution in [0.1, 0.15) is 31.7 Å². The fourth-order valence-electron chi connectivity index (χ4n) is 2.45. The standard InChI is InChI=1S/C13H16N2O.ClH/c1-2-15-11-7-4-3-6-10(11)14-13(15)12-8-5-9-16-12;/h3-4,6-7,12H,2,5,8-9H2,1H3;1H/p-1. The Morgan fingerprint density at radius 2 is 2.24 bits per heavy atom. The zero-order valence-electron chi connectivity index (χ0n) is 9.90. The second-order valence-corrected chi connectivity index (χ2v) is 4.20. The molecule has 0 spiro atoms. The first-order chi connectivity index (χ1) is 7.90. The van der Waals surface area contributed by atoms with Gasteiger partial charge in [0.1, 0.15) is 11.9 Å². The van der Waals surface area contributed by atoms with E-state index in [4.69, 9.17) is 9.72 Å². The molecule has 4 heteroatoms. The number of hydrogen-bond acceptors (Lipinski definition) is 2. The highest BCUT2D eigenvalue weighted by molar-refractivity contribution is 5.76. The molecular formula is C13H16ClN2O-. The minimum absolute atomic E-state index is 0. The van der Waals surface area contributed by atoms with Gasteiger partial charge in [0, 0.05) is 13.2 Å². The topological polar surface area (TPSA) is 27.1 Å². The number of aromatic nitrogens is 2. The molecule has 2 heterocycles. The molecule has 1 aliphatic heterocycles. The van der Waals surface area contributed by atoms with Gasteiger partial charge in [0.15, 0.2) is 0 Å². The van der Waals surface area contributed by atoms with Crippen molar-refractivity contribution in [2.24, 2.45) is 0 Å². The van der Waals surface area contributed by atoms with Crippen molar-refractivity contribution in [3.8, 4) is 0 Å². The van der Waals surface area contributed by atoms with Gasteiger partial charge in [-0.3, -0.25) is 0 Å². The molecule has 0 aliphatic carbocycles. The van der Waals surface area contributed by atoms with Crippen LogP contribution in [0, 0.1) is 0 Å². The van der Waals surface area contributed by atoms with E-state index in [0.29, 0.717) is 0 Å². The fraction of sp³-hybridized carbons (Fsp3) is 0.462. The molecule has 2 aromatic rings. The van der Waals surface area contributed by atoms with Crippen molar-refractivity contribution in [1.29, 1.82) is 0 Å². The lowest BCUT2D eigenvalue weighted by Crippen LogP contribution is -3.00. The summed E-state index contributed by atoms with van der Waals surface area (Å²) in [5.41, 5.74) is 2.30. The van der Waals surface area contributed by atoms with Gasteiger partial charge in [-0.15, -0.1) is 0 Å². The van der Waals surface area contributed by atoms with E-state index in [1.165, 1.54) is 5.52 Å². The summed E-state index contributed by atoms with van der Waals surface area (Å²) in [4.78, 5) is 4.70. The van der Waals surface area contributed by atoms with Gasteiger partial charge in [-0.25, -0.2) is 4.98 Å². The van der Waals surface area contributed by atoms with Gasteiger partial charge in [0.05, 0.1) is 11.0 Å². The molecule has 1 unspecified atom stereocenters. The van der Waals surface area contributed by atoms with E-state index < -0.39 is 0 Å². The Kier molecular flexibility index (Phi) is 3.69. The van der Waals surface area contributed by atoms with Crippen molar-refractivity contribution in [2.45, 2.75) is 32.4 Å². The third-order valence-electron chi connectivity index (χ3n) is 3.22. The van der Waals surface area contributed by atoms with E-state index in [1.54, 1.807) is 0 Å². The number of nitrogens with zero attached hydrogens (tertiary/aromatic N) is 2. The summed E-state index contributed by atoms with van der Waals surface area (Å²) in [5.74, 6) is 1.10. The van der Waals surface area contributed by atoms with Crippen molar-refractivity contribution in [2.75, 3.05) is 6.61 Å². The van der Waals surface area contributed by atoms with E-state index in [-0.39, 0.29) is 18.5 Å². The summed E-state index contributed by atoms with van der Waals surface area (Å²) in [6, 6.07) is 8.30. The minimum atomic E-state index is 0. The van der Waals surface area contributed by atoms with Crippen LogP contribution < -0.4 is 12.4 Å². The molecule has 0 amide bonds. The highest BCUT2D eigenvalue weighted by Crippen LogP contribution is 2.30. The van der Waals surface area contributed by atoms with E-state index in [2.05, 4.69) is 29.7 Å². The lowest BCUT2D eigenvalue weighted by molar-refractivity contribution is -0.00000431. The number of hydrogen-bond donors (Lipinski definition) is 0. The number of benzene rings is 1. The minimum Gasteiger partial charge on any atom is -1.00 e. The molecule has 1 aromatic carbocycles. The number of halogens is 1. The van der Waals surface area contributed by atoms with Crippen molar-refractivity contribution >= 4 is 11.0 Å². The molecule has 0 radical (unpaired) electrons. The van der Waals surface area contributed by atoms with Gasteiger partial charge in [-0.2, -0.15) is 0 Å². The van der Waals surface area contributed by atoms with E-state index in [9.17, 15) is 0 Å². The Labute approximate surface area is 107 Å². The van der Waals surface area contributed by atoms with Gasteiger partial charge in [-0.05, 0) is 31.9 Å². The lowest BCUT2D eigenvalue weighted by atomic mass is 10.2. The summed E-state index contributed by atoms with van der Waals surface area (Å²) < 4.78 is 8.00. The van der Waals surface area contributed by atoms with Crippen LogP contribution in [-0.2, 0) is 11.3 Å². The highest BCUT2D eigenvalue weighted by Gasteiger charge is 2.23. The number of fused-ring (bicyclic) bond motifs is 1. The summed E-state index contributed by atoms with van der Waals surface area (Å²) in [7, 11) is 0. The number of para-hydroxylation sites is 2. The number of imidazole rings is 1. The molecule has 0 bridgehead atoms. The van der Waals surface area contributed by atoms with Crippen molar-refractivity contribution in [3.05, 3.63) is 30.1 Å². The maximum atomic E-state index is 5.73. The number of aryl methyl sites for hydroxylation is 1. The number of rotatable bonds is 2. The molecule has 17 heavy (non-hydrogen) atoms. The van der Waals surface area contributed by atoms with Crippen molar-refractivity contribution in [1.82, 2.24) is 9.55 Å². The Hall–Kier alpha value is -1.06. The van der Waals surface area contributed by atoms with Crippen LogP contribution in [0.4, 0.5) is 0 Å². The van der Waals surface area contributed by atoms with Crippen LogP contribution in [0.5, 0.6) is 0 Å². The molecule has 1 fully saturated rings. The first-order valence-corrected chi connectivity index (χ1v) is 5.97. The zero-order chi connectivity index (χ0) is 11.0. The molecule has 1 aromatic heterocycles. The monoisotopic (exact) mass is 251 g/mol. The predicted octanol–water partition coefficient (Wildman–Crippen LogP) is -0.0883. The Balaban J connectivity index is 0.00000108. The first kappa shape index (κ1) is 12.4. The Bertz CT molecular complexity index is 503. The van der Waals surface area contributed by atoms with Gasteiger partial charge in [0.2, 0.25) is 0 Å². The Morgan fingerprint density at radius 3 is 2.94 bits per heavy atom. The van der Waals surface area contributed by atoms with Crippen molar-refractivity contribution < 1.29 is 17.1 Å². The van der Waals surface area contributed by atoms with Crippen LogP contribution >= 0.6 is 0 Å². The Morgan fingerprint density at radius 1 is 1.41 bits per heavy atom. The number of ether oxygens (including phenoxy) is 1.